The number of ether oxygens (including phenoxy) is 1. The Bertz CT molecular complexity index is 1280. The summed E-state index contributed by atoms with van der Waals surface area (Å²) in [6.45, 7) is 7.96. The van der Waals surface area contributed by atoms with Crippen LogP contribution in [0.2, 0.25) is 0 Å². The number of fused-ring (bicyclic) bond motifs is 3. The summed E-state index contributed by atoms with van der Waals surface area (Å²) in [6, 6.07) is 10.4. The standard InChI is InChI=1S/C23H26N4O4/c1-5-18(22(28)24-13-16-6-8-17(9-7-16)31-14(2)3)27-23(29)20-12-21-19(10-11-30-21)26(20)15(4)25-27/h6-12,14,18H,5,13H2,1-4H3,(H,24,28)/t18-/m0/s1. The zero-order valence-corrected chi connectivity index (χ0v) is 18.1. The Morgan fingerprint density at radius 1 is 1.19 bits per heavy atom. The van der Waals surface area contributed by atoms with Crippen molar-refractivity contribution in [3.8, 4) is 5.75 Å². The zero-order chi connectivity index (χ0) is 22.1. The van der Waals surface area contributed by atoms with Crippen LogP contribution in [0.1, 0.15) is 44.6 Å². The summed E-state index contributed by atoms with van der Waals surface area (Å²) in [6.07, 6.45) is 2.12. The largest absolute Gasteiger partial charge is 0.491 e. The van der Waals surface area contributed by atoms with Crippen molar-refractivity contribution in [2.45, 2.75) is 52.8 Å². The van der Waals surface area contributed by atoms with Crippen molar-refractivity contribution in [3.05, 3.63) is 64.4 Å². The minimum atomic E-state index is -0.707. The van der Waals surface area contributed by atoms with Crippen LogP contribution in [-0.4, -0.2) is 26.2 Å². The fraction of sp³-hybridized carbons (Fsp3) is 0.348. The Kier molecular flexibility index (Phi) is 5.54. The van der Waals surface area contributed by atoms with Gasteiger partial charge in [0.25, 0.3) is 5.56 Å². The first-order chi connectivity index (χ1) is 14.9. The van der Waals surface area contributed by atoms with Gasteiger partial charge in [-0.05, 0) is 44.9 Å². The molecule has 0 saturated heterocycles. The second-order valence-electron chi connectivity index (χ2n) is 7.78. The van der Waals surface area contributed by atoms with Gasteiger partial charge in [0.15, 0.2) is 5.58 Å². The average Bonchev–Trinajstić information content (AvgIpc) is 3.32. The number of carbonyl (C=O) groups excluding carboxylic acids is 1. The molecule has 3 aromatic heterocycles. The number of hydrogen-bond donors (Lipinski definition) is 1. The number of nitrogens with one attached hydrogen (secondary N) is 1. The maximum absolute atomic E-state index is 13.1. The third-order valence-corrected chi connectivity index (χ3v) is 5.17. The van der Waals surface area contributed by atoms with E-state index in [0.717, 1.165) is 16.8 Å². The van der Waals surface area contributed by atoms with E-state index in [2.05, 4.69) is 10.4 Å². The summed E-state index contributed by atoms with van der Waals surface area (Å²) in [7, 11) is 0. The Balaban J connectivity index is 1.55. The van der Waals surface area contributed by atoms with E-state index in [1.165, 1.54) is 4.68 Å². The highest BCUT2D eigenvalue weighted by Gasteiger charge is 2.23. The summed E-state index contributed by atoms with van der Waals surface area (Å²) in [4.78, 5) is 26.0. The van der Waals surface area contributed by atoms with Crippen molar-refractivity contribution in [1.82, 2.24) is 19.5 Å². The van der Waals surface area contributed by atoms with E-state index in [1.807, 2.05) is 45.0 Å². The zero-order valence-electron chi connectivity index (χ0n) is 18.1. The van der Waals surface area contributed by atoms with Crippen molar-refractivity contribution < 1.29 is 13.9 Å². The second kappa shape index (κ2) is 8.29. The first-order valence-electron chi connectivity index (χ1n) is 10.4. The Hall–Kier alpha value is -3.55. The number of furan rings is 1. The summed E-state index contributed by atoms with van der Waals surface area (Å²) in [5.41, 5.74) is 2.45. The van der Waals surface area contributed by atoms with E-state index in [0.29, 0.717) is 29.9 Å². The molecule has 1 amide bonds. The molecule has 0 spiro atoms. The lowest BCUT2D eigenvalue weighted by Gasteiger charge is -2.18. The van der Waals surface area contributed by atoms with Gasteiger partial charge in [-0.1, -0.05) is 19.1 Å². The van der Waals surface area contributed by atoms with Gasteiger partial charge in [-0.3, -0.25) is 14.0 Å². The van der Waals surface area contributed by atoms with Crippen LogP contribution in [-0.2, 0) is 11.3 Å². The normalized spacial score (nSPS) is 12.5. The minimum absolute atomic E-state index is 0.104. The molecule has 0 fully saturated rings. The molecule has 3 heterocycles. The number of aromatic nitrogens is 3. The fourth-order valence-electron chi connectivity index (χ4n) is 3.74. The molecule has 0 aliphatic carbocycles. The molecule has 0 unspecified atom stereocenters. The average molecular weight is 422 g/mol. The Morgan fingerprint density at radius 2 is 1.94 bits per heavy atom. The number of nitrogens with zero attached hydrogens (tertiary/aromatic N) is 3. The monoisotopic (exact) mass is 422 g/mol. The lowest BCUT2D eigenvalue weighted by Crippen LogP contribution is -2.39. The molecular formula is C23H26N4O4. The van der Waals surface area contributed by atoms with Gasteiger partial charge in [0.05, 0.1) is 17.9 Å². The molecule has 0 radical (unpaired) electrons. The second-order valence-corrected chi connectivity index (χ2v) is 7.78. The molecule has 162 valence electrons. The molecule has 8 heteroatoms. The van der Waals surface area contributed by atoms with Crippen LogP contribution in [0.15, 0.2) is 51.9 Å². The summed E-state index contributed by atoms with van der Waals surface area (Å²) in [5, 5.41) is 7.36. The molecule has 1 N–H and O–H groups in total. The quantitative estimate of drug-likeness (QED) is 0.491. The number of carbonyl (C=O) groups is 1. The van der Waals surface area contributed by atoms with Crippen LogP contribution in [0.4, 0.5) is 0 Å². The van der Waals surface area contributed by atoms with Crippen molar-refractivity contribution >= 4 is 22.5 Å². The molecule has 1 aromatic carbocycles. The maximum Gasteiger partial charge on any atom is 0.291 e. The highest BCUT2D eigenvalue weighted by atomic mass is 16.5. The third kappa shape index (κ3) is 3.93. The van der Waals surface area contributed by atoms with Gasteiger partial charge in [0.1, 0.15) is 23.1 Å². The van der Waals surface area contributed by atoms with Gasteiger partial charge >= 0.3 is 0 Å². The maximum atomic E-state index is 13.1. The van der Waals surface area contributed by atoms with Crippen LogP contribution >= 0.6 is 0 Å². The van der Waals surface area contributed by atoms with Crippen LogP contribution < -0.4 is 15.6 Å². The molecule has 4 rings (SSSR count). The van der Waals surface area contributed by atoms with E-state index >= 15 is 0 Å². The van der Waals surface area contributed by atoms with Crippen molar-refractivity contribution in [1.29, 1.82) is 0 Å². The Morgan fingerprint density at radius 3 is 2.61 bits per heavy atom. The summed E-state index contributed by atoms with van der Waals surface area (Å²) < 4.78 is 14.1. The topological polar surface area (TPSA) is 90.8 Å². The molecule has 0 aliphatic heterocycles. The van der Waals surface area contributed by atoms with Crippen LogP contribution in [0.5, 0.6) is 5.75 Å². The lowest BCUT2D eigenvalue weighted by molar-refractivity contribution is -0.125. The Labute approximate surface area is 179 Å². The molecular weight excluding hydrogens is 396 g/mol. The highest BCUT2D eigenvalue weighted by Crippen LogP contribution is 2.21. The fourth-order valence-corrected chi connectivity index (χ4v) is 3.74. The summed E-state index contributed by atoms with van der Waals surface area (Å²) in [5.74, 6) is 1.14. The number of rotatable bonds is 7. The van der Waals surface area contributed by atoms with Gasteiger partial charge in [0.2, 0.25) is 5.91 Å². The van der Waals surface area contributed by atoms with Gasteiger partial charge < -0.3 is 14.5 Å². The molecule has 4 aromatic rings. The smallest absolute Gasteiger partial charge is 0.291 e. The van der Waals surface area contributed by atoms with E-state index < -0.39 is 6.04 Å². The molecule has 1 atom stereocenters. The van der Waals surface area contributed by atoms with Gasteiger partial charge in [-0.15, -0.1) is 0 Å². The number of benzene rings is 1. The molecule has 0 saturated carbocycles. The predicted octanol–water partition coefficient (Wildman–Crippen LogP) is 3.61. The first kappa shape index (κ1) is 20.7. The van der Waals surface area contributed by atoms with E-state index in [4.69, 9.17) is 9.15 Å². The minimum Gasteiger partial charge on any atom is -0.491 e. The van der Waals surface area contributed by atoms with E-state index in [-0.39, 0.29) is 17.6 Å². The molecule has 31 heavy (non-hydrogen) atoms. The van der Waals surface area contributed by atoms with Gasteiger partial charge in [0, 0.05) is 18.7 Å². The molecule has 0 aliphatic rings. The number of amides is 1. The SMILES string of the molecule is CC[C@@H](C(=O)NCc1ccc(OC(C)C)cc1)n1nc(C)n2c(cc3occc32)c1=O. The predicted molar refractivity (Wildman–Crippen MR) is 117 cm³/mol. The van der Waals surface area contributed by atoms with Crippen molar-refractivity contribution in [2.75, 3.05) is 0 Å². The lowest BCUT2D eigenvalue weighted by atomic mass is 10.2. The van der Waals surface area contributed by atoms with Crippen molar-refractivity contribution in [2.24, 2.45) is 0 Å². The molecule has 0 bridgehead atoms. The van der Waals surface area contributed by atoms with Crippen molar-refractivity contribution in [3.63, 3.8) is 0 Å². The van der Waals surface area contributed by atoms with E-state index in [1.54, 1.807) is 29.7 Å². The van der Waals surface area contributed by atoms with Gasteiger partial charge in [-0.2, -0.15) is 5.10 Å². The van der Waals surface area contributed by atoms with Crippen LogP contribution in [0.25, 0.3) is 16.6 Å². The highest BCUT2D eigenvalue weighted by molar-refractivity contribution is 5.83. The summed E-state index contributed by atoms with van der Waals surface area (Å²) >= 11 is 0. The van der Waals surface area contributed by atoms with Crippen LogP contribution in [0, 0.1) is 6.92 Å². The van der Waals surface area contributed by atoms with Crippen LogP contribution in [0.3, 0.4) is 0 Å². The number of hydrogen-bond acceptors (Lipinski definition) is 5. The first-order valence-corrected chi connectivity index (χ1v) is 10.4. The van der Waals surface area contributed by atoms with Gasteiger partial charge in [-0.25, -0.2) is 4.68 Å². The number of aryl methyl sites for hydroxylation is 1. The molecule has 8 nitrogen and oxygen atoms in total. The van der Waals surface area contributed by atoms with E-state index in [9.17, 15) is 9.59 Å². The third-order valence-electron chi connectivity index (χ3n) is 5.17.